The number of unbranched alkanes of at least 4 members (excludes halogenated alkanes) is 2. The molecule has 0 spiro atoms. The van der Waals surface area contributed by atoms with Crippen LogP contribution in [0.25, 0.3) is 5.57 Å². The molecule has 0 aliphatic rings. The highest BCUT2D eigenvalue weighted by Crippen LogP contribution is 2.24. The Hall–Kier alpha value is -2.73. The zero-order valence-electron chi connectivity index (χ0n) is 15.1. The number of esters is 1. The molecule has 0 N–H and O–H groups in total. The van der Waals surface area contributed by atoms with Crippen LogP contribution < -0.4 is 0 Å². The van der Waals surface area contributed by atoms with E-state index < -0.39 is 0 Å². The van der Waals surface area contributed by atoms with Gasteiger partial charge in [-0.2, -0.15) is 0 Å². The SMILES string of the molecule is CCCC/C=C(/C#Cc1ccccc1)c1cc(C(=O)OC)c(CC)o1. The fourth-order valence-corrected chi connectivity index (χ4v) is 2.43. The van der Waals surface area contributed by atoms with Crippen LogP contribution in [0.3, 0.4) is 0 Å². The summed E-state index contributed by atoms with van der Waals surface area (Å²) in [5.74, 6) is 7.24. The lowest BCUT2D eigenvalue weighted by molar-refractivity contribution is 0.0598. The molecule has 1 aromatic heterocycles. The molecule has 130 valence electrons. The van der Waals surface area contributed by atoms with E-state index in [-0.39, 0.29) is 5.97 Å². The molecule has 2 aromatic rings. The van der Waals surface area contributed by atoms with Gasteiger partial charge >= 0.3 is 5.97 Å². The number of methoxy groups -OCH3 is 1. The standard InChI is InChI=1S/C22H24O3/c1-4-6-8-13-18(15-14-17-11-9-7-10-12-17)21-16-19(22(23)24-3)20(5-2)25-21/h7,9-13,16H,4-6,8H2,1-3H3/b18-13-. The Morgan fingerprint density at radius 3 is 2.64 bits per heavy atom. The minimum absolute atomic E-state index is 0.379. The maximum absolute atomic E-state index is 11.9. The van der Waals surface area contributed by atoms with Crippen molar-refractivity contribution in [2.45, 2.75) is 39.5 Å². The molecule has 0 aliphatic heterocycles. The third-order valence-corrected chi connectivity index (χ3v) is 3.82. The highest BCUT2D eigenvalue weighted by molar-refractivity contribution is 5.92. The van der Waals surface area contributed by atoms with Crippen molar-refractivity contribution in [2.75, 3.05) is 7.11 Å². The first kappa shape index (κ1) is 18.6. The average Bonchev–Trinajstić information content (AvgIpc) is 3.09. The van der Waals surface area contributed by atoms with Gasteiger partial charge in [0.05, 0.1) is 12.7 Å². The summed E-state index contributed by atoms with van der Waals surface area (Å²) in [5.41, 5.74) is 2.23. The molecule has 3 nitrogen and oxygen atoms in total. The lowest BCUT2D eigenvalue weighted by Gasteiger charge is -1.97. The molecule has 0 atom stereocenters. The summed E-state index contributed by atoms with van der Waals surface area (Å²) in [7, 11) is 1.38. The number of rotatable bonds is 6. The Bertz CT molecular complexity index is 786. The summed E-state index contributed by atoms with van der Waals surface area (Å²) in [5, 5.41) is 0. The van der Waals surface area contributed by atoms with Crippen molar-refractivity contribution in [1.82, 2.24) is 0 Å². The van der Waals surface area contributed by atoms with Crippen LogP contribution in [-0.4, -0.2) is 13.1 Å². The van der Waals surface area contributed by atoms with Crippen molar-refractivity contribution in [3.63, 3.8) is 0 Å². The lowest BCUT2D eigenvalue weighted by atomic mass is 10.1. The molecule has 0 aliphatic carbocycles. The van der Waals surface area contributed by atoms with Gasteiger partial charge in [-0.1, -0.05) is 62.8 Å². The van der Waals surface area contributed by atoms with Gasteiger partial charge in [0.1, 0.15) is 17.1 Å². The van der Waals surface area contributed by atoms with E-state index in [0.717, 1.165) is 30.4 Å². The third-order valence-electron chi connectivity index (χ3n) is 3.82. The van der Waals surface area contributed by atoms with E-state index >= 15 is 0 Å². The molecule has 0 unspecified atom stereocenters. The van der Waals surface area contributed by atoms with Crippen molar-refractivity contribution in [3.05, 3.63) is 65.1 Å². The van der Waals surface area contributed by atoms with Crippen LogP contribution in [0.4, 0.5) is 0 Å². The molecule has 0 fully saturated rings. The van der Waals surface area contributed by atoms with E-state index in [0.29, 0.717) is 23.5 Å². The molecular weight excluding hydrogens is 312 g/mol. The van der Waals surface area contributed by atoms with E-state index in [4.69, 9.17) is 9.15 Å². The zero-order chi connectivity index (χ0) is 18.1. The normalized spacial score (nSPS) is 10.9. The number of aryl methyl sites for hydroxylation is 1. The van der Waals surface area contributed by atoms with E-state index in [9.17, 15) is 4.79 Å². The Morgan fingerprint density at radius 2 is 2.00 bits per heavy atom. The van der Waals surface area contributed by atoms with Crippen LogP contribution in [-0.2, 0) is 11.2 Å². The predicted octanol–water partition coefficient (Wildman–Crippen LogP) is 5.25. The minimum Gasteiger partial charge on any atom is -0.465 e. The molecule has 0 bridgehead atoms. The molecule has 0 radical (unpaired) electrons. The molecule has 0 saturated heterocycles. The Kier molecular flexibility index (Phi) is 7.10. The monoisotopic (exact) mass is 336 g/mol. The highest BCUT2D eigenvalue weighted by Gasteiger charge is 2.18. The smallest absolute Gasteiger partial charge is 0.341 e. The molecule has 3 heteroatoms. The fourth-order valence-electron chi connectivity index (χ4n) is 2.43. The molecule has 25 heavy (non-hydrogen) atoms. The van der Waals surface area contributed by atoms with Crippen molar-refractivity contribution in [1.29, 1.82) is 0 Å². The van der Waals surface area contributed by atoms with Crippen LogP contribution in [0.2, 0.25) is 0 Å². The van der Waals surface area contributed by atoms with Gasteiger partial charge in [0, 0.05) is 12.0 Å². The quantitative estimate of drug-likeness (QED) is 0.411. The first-order valence-corrected chi connectivity index (χ1v) is 8.68. The number of carbonyl (C=O) groups excluding carboxylic acids is 1. The van der Waals surface area contributed by atoms with Crippen LogP contribution in [0, 0.1) is 11.8 Å². The van der Waals surface area contributed by atoms with E-state index in [2.05, 4.69) is 24.8 Å². The van der Waals surface area contributed by atoms with Gasteiger partial charge in [-0.25, -0.2) is 4.79 Å². The molecule has 1 heterocycles. The Labute approximate surface area is 149 Å². The molecule has 0 saturated carbocycles. The van der Waals surface area contributed by atoms with Crippen LogP contribution in [0.15, 0.2) is 46.9 Å². The Morgan fingerprint density at radius 1 is 1.24 bits per heavy atom. The fraction of sp³-hybridized carbons (Fsp3) is 0.318. The zero-order valence-corrected chi connectivity index (χ0v) is 15.1. The number of allylic oxidation sites excluding steroid dienone is 2. The second-order valence-electron chi connectivity index (χ2n) is 5.67. The second-order valence-corrected chi connectivity index (χ2v) is 5.67. The first-order valence-electron chi connectivity index (χ1n) is 8.68. The number of hydrogen-bond acceptors (Lipinski definition) is 3. The maximum Gasteiger partial charge on any atom is 0.341 e. The van der Waals surface area contributed by atoms with Gasteiger partial charge in [-0.3, -0.25) is 0 Å². The van der Waals surface area contributed by atoms with Crippen LogP contribution in [0.1, 0.15) is 60.6 Å². The van der Waals surface area contributed by atoms with E-state index in [1.807, 2.05) is 37.3 Å². The van der Waals surface area contributed by atoms with Crippen molar-refractivity contribution < 1.29 is 13.9 Å². The minimum atomic E-state index is -0.379. The van der Waals surface area contributed by atoms with Gasteiger partial charge < -0.3 is 9.15 Å². The van der Waals surface area contributed by atoms with Gasteiger partial charge in [0.2, 0.25) is 0 Å². The predicted molar refractivity (Wildman–Crippen MR) is 100 cm³/mol. The number of furan rings is 1. The summed E-state index contributed by atoms with van der Waals surface area (Å²) in [4.78, 5) is 11.9. The van der Waals surface area contributed by atoms with E-state index in [1.54, 1.807) is 6.07 Å². The lowest BCUT2D eigenvalue weighted by Crippen LogP contribution is -2.02. The molecule has 2 rings (SSSR count). The average molecular weight is 336 g/mol. The van der Waals surface area contributed by atoms with E-state index in [1.165, 1.54) is 7.11 Å². The summed E-state index contributed by atoms with van der Waals surface area (Å²) in [6.45, 7) is 4.10. The van der Waals surface area contributed by atoms with Gasteiger partial charge in [-0.05, 0) is 24.6 Å². The number of benzene rings is 1. The molecule has 0 amide bonds. The molecular formula is C22H24O3. The summed E-state index contributed by atoms with van der Waals surface area (Å²) in [6, 6.07) is 11.6. The van der Waals surface area contributed by atoms with Crippen LogP contribution in [0.5, 0.6) is 0 Å². The van der Waals surface area contributed by atoms with Gasteiger partial charge in [0.15, 0.2) is 0 Å². The first-order chi connectivity index (χ1) is 12.2. The Balaban J connectivity index is 2.39. The van der Waals surface area contributed by atoms with Crippen LogP contribution >= 0.6 is 0 Å². The topological polar surface area (TPSA) is 39.4 Å². The van der Waals surface area contributed by atoms with Crippen molar-refractivity contribution in [2.24, 2.45) is 0 Å². The summed E-state index contributed by atoms with van der Waals surface area (Å²) in [6.07, 6.45) is 5.83. The van der Waals surface area contributed by atoms with Crippen molar-refractivity contribution in [3.8, 4) is 11.8 Å². The molecule has 1 aromatic carbocycles. The summed E-state index contributed by atoms with van der Waals surface area (Å²) >= 11 is 0. The van der Waals surface area contributed by atoms with Gasteiger partial charge in [-0.15, -0.1) is 0 Å². The number of carbonyl (C=O) groups is 1. The highest BCUT2D eigenvalue weighted by atomic mass is 16.5. The largest absolute Gasteiger partial charge is 0.465 e. The second kappa shape index (κ2) is 9.54. The van der Waals surface area contributed by atoms with Gasteiger partial charge in [0.25, 0.3) is 0 Å². The number of ether oxygens (including phenoxy) is 1. The summed E-state index contributed by atoms with van der Waals surface area (Å²) < 4.78 is 10.7. The maximum atomic E-state index is 11.9. The van der Waals surface area contributed by atoms with Crippen molar-refractivity contribution >= 4 is 11.5 Å². The number of hydrogen-bond donors (Lipinski definition) is 0. The third kappa shape index (κ3) is 5.12.